The molecule has 0 radical (unpaired) electrons. The van der Waals surface area contributed by atoms with Gasteiger partial charge in [-0.1, -0.05) is 37.3 Å². The Labute approximate surface area is 233 Å². The van der Waals surface area contributed by atoms with Crippen molar-refractivity contribution >= 4 is 47.7 Å². The lowest BCUT2D eigenvalue weighted by atomic mass is 10.0. The molecule has 0 spiro atoms. The van der Waals surface area contributed by atoms with Crippen molar-refractivity contribution in [1.29, 1.82) is 0 Å². The van der Waals surface area contributed by atoms with Gasteiger partial charge in [-0.05, 0) is 18.4 Å². The van der Waals surface area contributed by atoms with Gasteiger partial charge in [0.2, 0.25) is 5.91 Å². The maximum atomic E-state index is 13.4. The number of hydrogen-bond acceptors (Lipinski definition) is 8. The van der Waals surface area contributed by atoms with Crippen molar-refractivity contribution in [2.75, 3.05) is 32.0 Å². The molecule has 2 unspecified atom stereocenters. The number of alkyl carbamates (subject to hydrolysis) is 1. The van der Waals surface area contributed by atoms with Gasteiger partial charge in [-0.3, -0.25) is 14.5 Å². The summed E-state index contributed by atoms with van der Waals surface area (Å²) in [5, 5.41) is 19.4. The number of carboxylic acid groups (broad SMARTS) is 1. The molecular weight excluding hydrogens is 544 g/mol. The summed E-state index contributed by atoms with van der Waals surface area (Å²) in [6.45, 7) is 2.60. The van der Waals surface area contributed by atoms with Crippen LogP contribution in [0.15, 0.2) is 41.6 Å². The Morgan fingerprint density at radius 3 is 2.62 bits per heavy atom. The number of amides is 7. The number of ether oxygens (including phenoxy) is 1. The number of thioether (sulfide) groups is 1. The molecule has 2 saturated heterocycles. The maximum Gasteiger partial charge on any atom is 0.407 e. The second kappa shape index (κ2) is 12.7. The van der Waals surface area contributed by atoms with E-state index in [0.29, 0.717) is 31.5 Å². The minimum atomic E-state index is -1.36. The largest absolute Gasteiger partial charge is 0.477 e. The summed E-state index contributed by atoms with van der Waals surface area (Å²) < 4.78 is 5.11. The minimum absolute atomic E-state index is 0.159. The first kappa shape index (κ1) is 28.7. The van der Waals surface area contributed by atoms with E-state index in [1.165, 1.54) is 11.8 Å². The van der Waals surface area contributed by atoms with E-state index >= 15 is 0 Å². The zero-order valence-corrected chi connectivity index (χ0v) is 22.5. The number of carboxylic acids is 1. The van der Waals surface area contributed by atoms with E-state index in [9.17, 15) is 33.9 Å². The fourth-order valence-electron chi connectivity index (χ4n) is 4.43. The number of nitrogens with zero attached hydrogens (tertiary/aromatic N) is 2. The van der Waals surface area contributed by atoms with E-state index in [1.807, 2.05) is 6.92 Å². The lowest BCUT2D eigenvalue weighted by molar-refractivity contribution is -0.151. The molecule has 7 amide bonds. The van der Waals surface area contributed by atoms with Crippen LogP contribution in [-0.2, 0) is 19.1 Å². The lowest BCUT2D eigenvalue weighted by Gasteiger charge is -2.49. The van der Waals surface area contributed by atoms with Crippen LogP contribution in [0.1, 0.15) is 31.4 Å². The number of nitrogens with one attached hydrogen (secondary N) is 4. The number of urea groups is 2. The molecule has 14 nitrogen and oxygen atoms in total. The number of rotatable bonds is 9. The molecule has 3 aliphatic heterocycles. The molecule has 3 aliphatic rings. The molecule has 0 aromatic heterocycles. The predicted octanol–water partition coefficient (Wildman–Crippen LogP) is 0.727. The highest BCUT2D eigenvalue weighted by Crippen LogP contribution is 2.40. The van der Waals surface area contributed by atoms with E-state index in [2.05, 4.69) is 21.3 Å². The Balaban J connectivity index is 1.46. The lowest BCUT2D eigenvalue weighted by Crippen LogP contribution is -2.71. The molecule has 2 fully saturated rings. The number of β-lactam (4-membered cyclic amide) rings is 1. The molecule has 0 aliphatic carbocycles. The van der Waals surface area contributed by atoms with Gasteiger partial charge in [0.25, 0.3) is 5.91 Å². The first-order valence-electron chi connectivity index (χ1n) is 12.7. The third kappa shape index (κ3) is 6.14. The molecular formula is C25H30N6O8S. The van der Waals surface area contributed by atoms with E-state index < -0.39 is 53.4 Å². The van der Waals surface area contributed by atoms with Crippen molar-refractivity contribution < 1.29 is 38.6 Å². The topological polar surface area (TPSA) is 186 Å². The van der Waals surface area contributed by atoms with E-state index in [1.54, 1.807) is 30.3 Å². The van der Waals surface area contributed by atoms with E-state index in [4.69, 9.17) is 4.74 Å². The van der Waals surface area contributed by atoms with Crippen LogP contribution >= 0.6 is 11.8 Å². The van der Waals surface area contributed by atoms with Gasteiger partial charge < -0.3 is 31.1 Å². The third-order valence-corrected chi connectivity index (χ3v) is 7.77. The Morgan fingerprint density at radius 1 is 1.20 bits per heavy atom. The summed E-state index contributed by atoms with van der Waals surface area (Å²) in [6, 6.07) is 4.73. The van der Waals surface area contributed by atoms with Gasteiger partial charge in [-0.15, -0.1) is 11.8 Å². The molecule has 4 rings (SSSR count). The van der Waals surface area contributed by atoms with Gasteiger partial charge in [-0.2, -0.15) is 0 Å². The van der Waals surface area contributed by atoms with Crippen LogP contribution in [0.2, 0.25) is 0 Å². The van der Waals surface area contributed by atoms with Gasteiger partial charge in [0.15, 0.2) is 0 Å². The van der Waals surface area contributed by atoms with Crippen LogP contribution in [-0.4, -0.2) is 94.3 Å². The van der Waals surface area contributed by atoms with Crippen LogP contribution in [0.4, 0.5) is 14.4 Å². The molecule has 40 heavy (non-hydrogen) atoms. The Bertz CT molecular complexity index is 1220. The summed E-state index contributed by atoms with van der Waals surface area (Å²) in [7, 11) is 0. The minimum Gasteiger partial charge on any atom is -0.477 e. The standard InChI is InChI=1S/C25H30N6O8S/c1-2-9-27-25(38)39-12-15-13-40-21-17(20(33)31(21)18(15)22(34)35)28-19(32)16(14-7-4-3-5-8-14)29-24(37)30-11-6-10-26-23(30)36/h3-5,7-8,16-17,21H,2,6,9-13H2,1H3,(H,26,36)(H,27,38)(H,28,32)(H,29,37)(H,34,35)/t16?,17?,21-/m0/s1. The summed E-state index contributed by atoms with van der Waals surface area (Å²) in [6.07, 6.45) is 0.568. The first-order chi connectivity index (χ1) is 19.2. The number of imide groups is 1. The van der Waals surface area contributed by atoms with Crippen molar-refractivity contribution in [3.63, 3.8) is 0 Å². The SMILES string of the molecule is CCCNC(=O)OCC1=C(C(=O)O)N2C(=O)C(NC(=O)C(NC(=O)N3CCCNC3=O)c3ccccc3)[C@@H]2SC1. The number of carbonyl (C=O) groups excluding carboxylic acids is 5. The normalized spacial score (nSPS) is 20.9. The number of carbonyl (C=O) groups is 6. The fourth-order valence-corrected chi connectivity index (χ4v) is 5.76. The van der Waals surface area contributed by atoms with Gasteiger partial charge in [0, 0.05) is 31.0 Å². The molecule has 3 heterocycles. The van der Waals surface area contributed by atoms with Gasteiger partial charge in [0.05, 0.1) is 0 Å². The molecule has 0 bridgehead atoms. The van der Waals surface area contributed by atoms with Crippen LogP contribution in [0, 0.1) is 0 Å². The summed E-state index contributed by atoms with van der Waals surface area (Å²) in [5.41, 5.74) is 0.400. The molecule has 214 valence electrons. The molecule has 1 aromatic carbocycles. The first-order valence-corrected chi connectivity index (χ1v) is 13.8. The van der Waals surface area contributed by atoms with Crippen molar-refractivity contribution in [1.82, 2.24) is 31.1 Å². The Kier molecular flexibility index (Phi) is 9.14. The van der Waals surface area contributed by atoms with Gasteiger partial charge in [-0.25, -0.2) is 24.1 Å². The number of benzene rings is 1. The number of fused-ring (bicyclic) bond motifs is 1. The highest BCUT2D eigenvalue weighted by atomic mass is 32.2. The predicted molar refractivity (Wildman–Crippen MR) is 142 cm³/mol. The highest BCUT2D eigenvalue weighted by Gasteiger charge is 2.54. The van der Waals surface area contributed by atoms with Crippen LogP contribution in [0.25, 0.3) is 0 Å². The Hall–Kier alpha value is -4.27. The molecule has 0 saturated carbocycles. The van der Waals surface area contributed by atoms with Crippen LogP contribution in [0.5, 0.6) is 0 Å². The second-order valence-electron chi connectivity index (χ2n) is 9.19. The Morgan fingerprint density at radius 2 is 1.95 bits per heavy atom. The van der Waals surface area contributed by atoms with E-state index in [-0.39, 0.29) is 30.2 Å². The summed E-state index contributed by atoms with van der Waals surface area (Å²) in [5.74, 6) is -2.54. The maximum absolute atomic E-state index is 13.4. The smallest absolute Gasteiger partial charge is 0.407 e. The van der Waals surface area contributed by atoms with Crippen molar-refractivity contribution in [3.05, 3.63) is 47.2 Å². The number of aliphatic carboxylic acids is 1. The van der Waals surface area contributed by atoms with Gasteiger partial charge in [0.1, 0.15) is 29.8 Å². The quantitative estimate of drug-likeness (QED) is 0.265. The van der Waals surface area contributed by atoms with Crippen LogP contribution in [0.3, 0.4) is 0 Å². The molecule has 15 heteroatoms. The molecule has 5 N–H and O–H groups in total. The average Bonchev–Trinajstić information content (AvgIpc) is 2.96. The van der Waals surface area contributed by atoms with Crippen LogP contribution < -0.4 is 21.3 Å². The van der Waals surface area contributed by atoms with Gasteiger partial charge >= 0.3 is 24.1 Å². The van der Waals surface area contributed by atoms with Crippen molar-refractivity contribution in [2.24, 2.45) is 0 Å². The van der Waals surface area contributed by atoms with Crippen molar-refractivity contribution in [3.8, 4) is 0 Å². The zero-order chi connectivity index (χ0) is 28.8. The average molecular weight is 575 g/mol. The summed E-state index contributed by atoms with van der Waals surface area (Å²) in [4.78, 5) is 77.3. The molecule has 3 atom stereocenters. The third-order valence-electron chi connectivity index (χ3n) is 6.43. The monoisotopic (exact) mass is 574 g/mol. The fraction of sp³-hybridized carbons (Fsp3) is 0.440. The highest BCUT2D eigenvalue weighted by molar-refractivity contribution is 8.00. The van der Waals surface area contributed by atoms with Crippen molar-refractivity contribution in [2.45, 2.75) is 37.2 Å². The molecule has 1 aromatic rings. The second-order valence-corrected chi connectivity index (χ2v) is 10.3. The number of hydrogen-bond donors (Lipinski definition) is 5. The zero-order valence-electron chi connectivity index (χ0n) is 21.7. The van der Waals surface area contributed by atoms with E-state index in [0.717, 1.165) is 9.80 Å². The summed E-state index contributed by atoms with van der Waals surface area (Å²) >= 11 is 1.22.